The maximum absolute atomic E-state index is 12.4. The van der Waals surface area contributed by atoms with Crippen LogP contribution in [0.2, 0.25) is 0 Å². The van der Waals surface area contributed by atoms with Crippen molar-refractivity contribution in [1.29, 1.82) is 0 Å². The molecule has 1 aliphatic rings. The Morgan fingerprint density at radius 2 is 2.12 bits per heavy atom. The summed E-state index contributed by atoms with van der Waals surface area (Å²) in [5.74, 6) is 2.31. The zero-order valence-electron chi connectivity index (χ0n) is 19.5. The number of hydrogen-bond acceptors (Lipinski definition) is 8. The lowest BCUT2D eigenvalue weighted by Crippen LogP contribution is -2.27. The molecule has 8 nitrogen and oxygen atoms in total. The van der Waals surface area contributed by atoms with Crippen LogP contribution in [0.5, 0.6) is 11.5 Å². The molecule has 1 N–H and O–H groups in total. The van der Waals surface area contributed by atoms with E-state index in [2.05, 4.69) is 27.4 Å². The van der Waals surface area contributed by atoms with Gasteiger partial charge in [0.15, 0.2) is 22.3 Å². The van der Waals surface area contributed by atoms with Crippen molar-refractivity contribution in [2.75, 3.05) is 26.5 Å². The molecule has 0 radical (unpaired) electrons. The molecule has 1 atom stereocenters. The molecule has 5 rings (SSSR count). The zero-order chi connectivity index (χ0) is 23.7. The molecule has 178 valence electrons. The van der Waals surface area contributed by atoms with E-state index in [0.717, 1.165) is 34.3 Å². The molecule has 1 amide bonds. The summed E-state index contributed by atoms with van der Waals surface area (Å²) in [7, 11) is 3.23. The second kappa shape index (κ2) is 9.79. The lowest BCUT2D eigenvalue weighted by molar-refractivity contribution is -0.118. The Labute approximate surface area is 206 Å². The summed E-state index contributed by atoms with van der Waals surface area (Å²) in [6.45, 7) is 2.85. The van der Waals surface area contributed by atoms with Gasteiger partial charge < -0.3 is 14.8 Å². The number of thiophene rings is 1. The molecule has 0 fully saturated rings. The van der Waals surface area contributed by atoms with Gasteiger partial charge in [0.1, 0.15) is 11.2 Å². The van der Waals surface area contributed by atoms with Gasteiger partial charge in [0, 0.05) is 11.4 Å². The highest BCUT2D eigenvalue weighted by Crippen LogP contribution is 2.39. The number of aryl methyl sites for hydroxylation is 1. The molecule has 1 aromatic carbocycles. The van der Waals surface area contributed by atoms with Gasteiger partial charge >= 0.3 is 0 Å². The Morgan fingerprint density at radius 1 is 1.26 bits per heavy atom. The molecule has 0 saturated carbocycles. The number of fused-ring (bicyclic) bond motifs is 5. The maximum atomic E-state index is 12.4. The van der Waals surface area contributed by atoms with E-state index in [0.29, 0.717) is 35.5 Å². The number of ether oxygens (including phenoxy) is 2. The molecule has 10 heteroatoms. The first kappa shape index (κ1) is 22.9. The third-order valence-electron chi connectivity index (χ3n) is 6.19. The van der Waals surface area contributed by atoms with Crippen LogP contribution in [0.15, 0.2) is 29.7 Å². The molecule has 0 spiro atoms. The molecule has 0 aliphatic heterocycles. The third kappa shape index (κ3) is 4.44. The highest BCUT2D eigenvalue weighted by atomic mass is 32.2. The Balaban J connectivity index is 1.21. The number of rotatable bonds is 8. The number of carbonyl (C=O) groups is 1. The smallest absolute Gasteiger partial charge is 0.230 e. The molecule has 3 heterocycles. The van der Waals surface area contributed by atoms with Crippen molar-refractivity contribution in [2.24, 2.45) is 5.92 Å². The molecule has 0 saturated heterocycles. The topological polar surface area (TPSA) is 90.6 Å². The van der Waals surface area contributed by atoms with E-state index < -0.39 is 0 Å². The van der Waals surface area contributed by atoms with E-state index in [1.54, 1.807) is 31.9 Å². The predicted octanol–water partition coefficient (Wildman–Crippen LogP) is 3.93. The summed E-state index contributed by atoms with van der Waals surface area (Å²) in [4.78, 5) is 19.6. The number of nitrogens with one attached hydrogen (secondary N) is 1. The van der Waals surface area contributed by atoms with Crippen molar-refractivity contribution in [3.8, 4) is 11.5 Å². The van der Waals surface area contributed by atoms with Crippen LogP contribution < -0.4 is 14.8 Å². The number of benzene rings is 1. The second-order valence-electron chi connectivity index (χ2n) is 8.53. The van der Waals surface area contributed by atoms with Gasteiger partial charge in [-0.2, -0.15) is 0 Å². The number of carbonyl (C=O) groups excluding carboxylic acids is 1. The Bertz CT molecular complexity index is 1350. The normalized spacial score (nSPS) is 15.4. The first-order valence-corrected chi connectivity index (χ1v) is 13.1. The number of thioether (sulfide) groups is 1. The van der Waals surface area contributed by atoms with Crippen molar-refractivity contribution < 1.29 is 14.3 Å². The Kier molecular flexibility index (Phi) is 6.60. The van der Waals surface area contributed by atoms with Crippen LogP contribution in [0.25, 0.3) is 15.9 Å². The van der Waals surface area contributed by atoms with E-state index in [1.165, 1.54) is 28.6 Å². The summed E-state index contributed by atoms with van der Waals surface area (Å²) < 4.78 is 12.5. The number of hydrogen-bond donors (Lipinski definition) is 1. The fourth-order valence-corrected chi connectivity index (χ4v) is 6.46. The number of nitrogens with zero attached hydrogens (tertiary/aromatic N) is 4. The summed E-state index contributed by atoms with van der Waals surface area (Å²) >= 11 is 3.15. The van der Waals surface area contributed by atoms with Crippen LogP contribution in [0, 0.1) is 5.92 Å². The molecule has 1 aliphatic carbocycles. The van der Waals surface area contributed by atoms with Crippen molar-refractivity contribution in [1.82, 2.24) is 24.9 Å². The molecular weight excluding hydrogens is 470 g/mol. The molecule has 0 unspecified atom stereocenters. The minimum atomic E-state index is -0.0434. The van der Waals surface area contributed by atoms with Crippen LogP contribution in [0.4, 0.5) is 0 Å². The van der Waals surface area contributed by atoms with Gasteiger partial charge in [0.25, 0.3) is 0 Å². The quantitative estimate of drug-likeness (QED) is 0.369. The second-order valence-corrected chi connectivity index (χ2v) is 10.6. The number of amides is 1. The summed E-state index contributed by atoms with van der Waals surface area (Å²) in [5.41, 5.74) is 3.29. The van der Waals surface area contributed by atoms with Gasteiger partial charge in [-0.25, -0.2) is 4.98 Å². The summed E-state index contributed by atoms with van der Waals surface area (Å²) in [5, 5.41) is 13.6. The average Bonchev–Trinajstić information content (AvgIpc) is 3.42. The van der Waals surface area contributed by atoms with Gasteiger partial charge in [0.05, 0.1) is 25.4 Å². The van der Waals surface area contributed by atoms with Crippen LogP contribution in [0.1, 0.15) is 29.3 Å². The van der Waals surface area contributed by atoms with E-state index >= 15 is 0 Å². The molecular formula is C24H27N5O3S2. The molecule has 4 aromatic rings. The van der Waals surface area contributed by atoms with Crippen molar-refractivity contribution in [3.05, 3.63) is 40.5 Å². The van der Waals surface area contributed by atoms with Crippen LogP contribution in [-0.2, 0) is 24.1 Å². The van der Waals surface area contributed by atoms with Gasteiger partial charge in [-0.1, -0.05) is 24.8 Å². The van der Waals surface area contributed by atoms with Crippen LogP contribution in [0.3, 0.4) is 0 Å². The lowest BCUT2D eigenvalue weighted by Gasteiger charge is -2.17. The average molecular weight is 498 g/mol. The molecule has 34 heavy (non-hydrogen) atoms. The van der Waals surface area contributed by atoms with Crippen LogP contribution >= 0.6 is 23.1 Å². The van der Waals surface area contributed by atoms with Crippen molar-refractivity contribution in [3.63, 3.8) is 0 Å². The van der Waals surface area contributed by atoms with Gasteiger partial charge in [-0.15, -0.1) is 21.5 Å². The zero-order valence-corrected chi connectivity index (χ0v) is 21.1. The van der Waals surface area contributed by atoms with Gasteiger partial charge in [-0.05, 0) is 54.9 Å². The first-order chi connectivity index (χ1) is 16.6. The molecule has 3 aromatic heterocycles. The standard InChI is InChI=1S/C24H27N5O3S2/c1-14-4-6-16-19(10-14)34-23-21(16)22-27-28-24(29(22)13-26-23)33-12-20(30)25-9-8-15-5-7-17(31-2)18(11-15)32-3/h5,7,11,13-14H,4,6,8-10,12H2,1-3H3,(H,25,30)/t14-/m0/s1. The van der Waals surface area contributed by atoms with E-state index in [9.17, 15) is 4.79 Å². The fourth-order valence-electron chi connectivity index (χ4n) is 4.38. The van der Waals surface area contributed by atoms with Gasteiger partial charge in [0.2, 0.25) is 5.91 Å². The highest BCUT2D eigenvalue weighted by molar-refractivity contribution is 7.99. The highest BCUT2D eigenvalue weighted by Gasteiger charge is 2.24. The first-order valence-electron chi connectivity index (χ1n) is 11.3. The van der Waals surface area contributed by atoms with E-state index in [4.69, 9.17) is 9.47 Å². The minimum Gasteiger partial charge on any atom is -0.493 e. The number of methoxy groups -OCH3 is 2. The maximum Gasteiger partial charge on any atom is 0.230 e. The number of aromatic nitrogens is 4. The lowest BCUT2D eigenvalue weighted by atomic mass is 9.89. The fraction of sp³-hybridized carbons (Fsp3) is 0.417. The monoisotopic (exact) mass is 497 g/mol. The van der Waals surface area contributed by atoms with Crippen molar-refractivity contribution in [2.45, 2.75) is 37.8 Å². The minimum absolute atomic E-state index is 0.0434. The van der Waals surface area contributed by atoms with Crippen molar-refractivity contribution >= 4 is 44.9 Å². The molecule has 0 bridgehead atoms. The Morgan fingerprint density at radius 3 is 2.94 bits per heavy atom. The summed E-state index contributed by atoms with van der Waals surface area (Å²) in [6, 6.07) is 5.78. The van der Waals surface area contributed by atoms with E-state index in [1.807, 2.05) is 22.6 Å². The van der Waals surface area contributed by atoms with Crippen LogP contribution in [-0.4, -0.2) is 52.0 Å². The summed E-state index contributed by atoms with van der Waals surface area (Å²) in [6.07, 6.45) is 5.85. The largest absolute Gasteiger partial charge is 0.493 e. The van der Waals surface area contributed by atoms with Gasteiger partial charge in [-0.3, -0.25) is 9.20 Å². The third-order valence-corrected chi connectivity index (χ3v) is 8.29. The SMILES string of the molecule is COc1ccc(CCNC(=O)CSc2nnc3c4c5c(sc4ncn23)C[C@@H](C)CC5)cc1OC. The van der Waals surface area contributed by atoms with E-state index in [-0.39, 0.29) is 11.7 Å². The Hall–Kier alpha value is -2.85. The predicted molar refractivity (Wildman–Crippen MR) is 134 cm³/mol.